The average Bonchev–Trinajstić information content (AvgIpc) is 2.73. The van der Waals surface area contributed by atoms with Crippen LogP contribution < -0.4 is 11.1 Å². The zero-order valence-electron chi connectivity index (χ0n) is 12.3. The number of carbonyl (C=O) groups excluding carboxylic acids is 1. The van der Waals surface area contributed by atoms with Gasteiger partial charge in [-0.2, -0.15) is 0 Å². The Labute approximate surface area is 124 Å². The van der Waals surface area contributed by atoms with Crippen LogP contribution in [-0.2, 0) is 4.74 Å². The summed E-state index contributed by atoms with van der Waals surface area (Å²) in [6, 6.07) is 4.52. The summed E-state index contributed by atoms with van der Waals surface area (Å²) < 4.78 is 5.17. The molecule has 3 rings (SSSR count). The number of nitrogens with two attached hydrogens (primary N) is 1. The van der Waals surface area contributed by atoms with Crippen LogP contribution in [0.5, 0.6) is 0 Å². The molecule has 21 heavy (non-hydrogen) atoms. The van der Waals surface area contributed by atoms with Crippen LogP contribution in [0.25, 0.3) is 0 Å². The average molecular weight is 290 g/mol. The molecule has 2 aliphatic rings. The predicted octanol–water partition coefficient (Wildman–Crippen LogP) is 2.23. The van der Waals surface area contributed by atoms with Gasteiger partial charge in [-0.05, 0) is 44.7 Å². The van der Waals surface area contributed by atoms with Crippen LogP contribution in [0.4, 0.5) is 16.3 Å². The number of rotatable bonds is 3. The zero-order chi connectivity index (χ0) is 14.8. The number of nitrogens with one attached hydrogen (secondary N) is 1. The Morgan fingerprint density at radius 2 is 2.19 bits per heavy atom. The summed E-state index contributed by atoms with van der Waals surface area (Å²) in [6.45, 7) is 2.28. The highest BCUT2D eigenvalue weighted by Gasteiger charge is 2.44. The van der Waals surface area contributed by atoms with Gasteiger partial charge in [0.1, 0.15) is 5.82 Å². The predicted molar refractivity (Wildman–Crippen MR) is 81.0 cm³/mol. The van der Waals surface area contributed by atoms with Crippen molar-refractivity contribution in [3.05, 3.63) is 18.3 Å². The summed E-state index contributed by atoms with van der Waals surface area (Å²) >= 11 is 0. The van der Waals surface area contributed by atoms with Gasteiger partial charge >= 0.3 is 6.09 Å². The fourth-order valence-corrected chi connectivity index (χ4v) is 3.52. The van der Waals surface area contributed by atoms with Crippen molar-refractivity contribution in [3.8, 4) is 0 Å². The molecule has 0 radical (unpaired) electrons. The van der Waals surface area contributed by atoms with Gasteiger partial charge in [0.2, 0.25) is 0 Å². The summed E-state index contributed by atoms with van der Waals surface area (Å²) in [5, 5.41) is 3.43. The molecule has 3 N–H and O–H groups in total. The van der Waals surface area contributed by atoms with Crippen molar-refractivity contribution in [1.29, 1.82) is 0 Å². The molecule has 3 heterocycles. The lowest BCUT2D eigenvalue weighted by atomic mass is 9.97. The lowest BCUT2D eigenvalue weighted by Crippen LogP contribution is -2.50. The number of nitrogen functional groups attached to an aromatic ring is 1. The van der Waals surface area contributed by atoms with Gasteiger partial charge < -0.3 is 20.7 Å². The minimum atomic E-state index is -0.166. The number of pyridine rings is 1. The van der Waals surface area contributed by atoms with Crippen LogP contribution in [0.2, 0.25) is 0 Å². The quantitative estimate of drug-likeness (QED) is 0.892. The van der Waals surface area contributed by atoms with Crippen LogP contribution in [0, 0.1) is 0 Å². The second kappa shape index (κ2) is 5.79. The Morgan fingerprint density at radius 3 is 2.81 bits per heavy atom. The SMILES string of the molecule is CCOC(=O)N1[C@@H]2CC[C@H]1CC(Nc1ncccc1N)C2. The highest BCUT2D eigenvalue weighted by molar-refractivity contribution is 5.69. The number of amides is 1. The van der Waals surface area contributed by atoms with E-state index in [0.717, 1.165) is 31.5 Å². The largest absolute Gasteiger partial charge is 0.450 e. The lowest BCUT2D eigenvalue weighted by Gasteiger charge is -2.38. The van der Waals surface area contributed by atoms with Gasteiger partial charge in [-0.3, -0.25) is 0 Å². The second-order valence-corrected chi connectivity index (χ2v) is 5.75. The Hall–Kier alpha value is -1.98. The molecular formula is C15H22N4O2. The molecule has 2 aliphatic heterocycles. The van der Waals surface area contributed by atoms with Gasteiger partial charge in [-0.1, -0.05) is 0 Å². The molecule has 0 spiro atoms. The molecule has 6 heteroatoms. The first-order valence-electron chi connectivity index (χ1n) is 7.61. The number of aromatic nitrogens is 1. The third-order valence-corrected chi connectivity index (χ3v) is 4.39. The van der Waals surface area contributed by atoms with E-state index >= 15 is 0 Å². The molecule has 1 aromatic rings. The standard InChI is InChI=1S/C15H22N4O2/c1-2-21-15(20)19-11-5-6-12(19)9-10(8-11)18-14-13(16)4-3-7-17-14/h3-4,7,10-12H,2,5-6,8-9,16H2,1H3,(H,17,18)/t10?,11-,12+. The smallest absolute Gasteiger partial charge is 0.410 e. The Morgan fingerprint density at radius 1 is 1.48 bits per heavy atom. The molecule has 1 amide bonds. The maximum absolute atomic E-state index is 12.0. The van der Waals surface area contributed by atoms with E-state index in [0.29, 0.717) is 18.3 Å². The van der Waals surface area contributed by atoms with Gasteiger partial charge in [0, 0.05) is 24.3 Å². The number of hydrogen-bond acceptors (Lipinski definition) is 5. The maximum Gasteiger partial charge on any atom is 0.410 e. The Balaban J connectivity index is 1.66. The summed E-state index contributed by atoms with van der Waals surface area (Å²) in [7, 11) is 0. The molecule has 114 valence electrons. The zero-order valence-corrected chi connectivity index (χ0v) is 12.3. The topological polar surface area (TPSA) is 80.5 Å². The van der Waals surface area contributed by atoms with Gasteiger partial charge in [0.05, 0.1) is 12.3 Å². The molecule has 0 aliphatic carbocycles. The van der Waals surface area contributed by atoms with Crippen LogP contribution in [0.15, 0.2) is 18.3 Å². The van der Waals surface area contributed by atoms with E-state index in [1.54, 1.807) is 6.20 Å². The van der Waals surface area contributed by atoms with Crippen molar-refractivity contribution in [2.45, 2.75) is 50.7 Å². The van der Waals surface area contributed by atoms with E-state index in [1.807, 2.05) is 24.0 Å². The van der Waals surface area contributed by atoms with E-state index in [9.17, 15) is 4.79 Å². The summed E-state index contributed by atoms with van der Waals surface area (Å²) in [6.07, 6.45) is 5.52. The fourth-order valence-electron chi connectivity index (χ4n) is 3.52. The van der Waals surface area contributed by atoms with Crippen LogP contribution in [0.3, 0.4) is 0 Å². The monoisotopic (exact) mass is 290 g/mol. The minimum absolute atomic E-state index is 0.166. The molecule has 0 aromatic carbocycles. The second-order valence-electron chi connectivity index (χ2n) is 5.75. The first kappa shape index (κ1) is 14.0. The number of ether oxygens (including phenoxy) is 1. The van der Waals surface area contributed by atoms with Gasteiger partial charge in [0.15, 0.2) is 0 Å². The van der Waals surface area contributed by atoms with Crippen molar-refractivity contribution < 1.29 is 9.53 Å². The summed E-state index contributed by atoms with van der Waals surface area (Å²) in [5.74, 6) is 0.742. The van der Waals surface area contributed by atoms with Crippen molar-refractivity contribution in [2.24, 2.45) is 0 Å². The van der Waals surface area contributed by atoms with Crippen molar-refractivity contribution in [2.75, 3.05) is 17.7 Å². The number of hydrogen-bond donors (Lipinski definition) is 2. The molecule has 2 saturated heterocycles. The molecule has 6 nitrogen and oxygen atoms in total. The first-order chi connectivity index (χ1) is 10.2. The first-order valence-corrected chi connectivity index (χ1v) is 7.61. The summed E-state index contributed by atoms with van der Waals surface area (Å²) in [4.78, 5) is 18.2. The third-order valence-electron chi connectivity index (χ3n) is 4.39. The van der Waals surface area contributed by atoms with Gasteiger partial charge in [-0.25, -0.2) is 9.78 Å². The molecule has 1 unspecified atom stereocenters. The highest BCUT2D eigenvalue weighted by Crippen LogP contribution is 2.37. The Bertz CT molecular complexity index is 508. The maximum atomic E-state index is 12.0. The molecular weight excluding hydrogens is 268 g/mol. The normalized spacial score (nSPS) is 27.5. The van der Waals surface area contributed by atoms with Crippen molar-refractivity contribution >= 4 is 17.6 Å². The number of anilines is 2. The lowest BCUT2D eigenvalue weighted by molar-refractivity contribution is 0.0711. The van der Waals surface area contributed by atoms with Gasteiger partial charge in [0.25, 0.3) is 0 Å². The number of fused-ring (bicyclic) bond motifs is 2. The fraction of sp³-hybridized carbons (Fsp3) is 0.600. The number of carbonyl (C=O) groups is 1. The molecule has 0 saturated carbocycles. The van der Waals surface area contributed by atoms with Crippen LogP contribution >= 0.6 is 0 Å². The molecule has 2 bridgehead atoms. The number of nitrogens with zero attached hydrogens (tertiary/aromatic N) is 2. The summed E-state index contributed by atoms with van der Waals surface area (Å²) in [5.41, 5.74) is 6.59. The molecule has 2 fully saturated rings. The van der Waals surface area contributed by atoms with Crippen molar-refractivity contribution in [3.63, 3.8) is 0 Å². The van der Waals surface area contributed by atoms with E-state index in [2.05, 4.69) is 10.3 Å². The van der Waals surface area contributed by atoms with E-state index < -0.39 is 0 Å². The van der Waals surface area contributed by atoms with Crippen LogP contribution in [0.1, 0.15) is 32.6 Å². The number of piperidine rings is 1. The van der Waals surface area contributed by atoms with E-state index in [4.69, 9.17) is 10.5 Å². The van der Waals surface area contributed by atoms with Crippen LogP contribution in [-0.4, -0.2) is 40.7 Å². The minimum Gasteiger partial charge on any atom is -0.450 e. The molecule has 1 aromatic heterocycles. The van der Waals surface area contributed by atoms with E-state index in [-0.39, 0.29) is 18.2 Å². The van der Waals surface area contributed by atoms with E-state index in [1.165, 1.54) is 0 Å². The highest BCUT2D eigenvalue weighted by atomic mass is 16.6. The third kappa shape index (κ3) is 2.75. The van der Waals surface area contributed by atoms with Gasteiger partial charge in [-0.15, -0.1) is 0 Å². The molecule has 3 atom stereocenters. The van der Waals surface area contributed by atoms with Crippen molar-refractivity contribution in [1.82, 2.24) is 9.88 Å². The Kier molecular flexibility index (Phi) is 3.86.